The molecule has 2 heterocycles. The van der Waals surface area contributed by atoms with E-state index in [4.69, 9.17) is 0 Å². The molecule has 0 N–H and O–H groups in total. The van der Waals surface area contributed by atoms with Crippen molar-refractivity contribution in [3.8, 4) is 0 Å². The largest absolute Gasteiger partial charge is 0.419 e. The van der Waals surface area contributed by atoms with E-state index >= 15 is 0 Å². The van der Waals surface area contributed by atoms with Crippen molar-refractivity contribution in [1.29, 1.82) is 0 Å². The van der Waals surface area contributed by atoms with Gasteiger partial charge < -0.3 is 4.90 Å². The molecule has 1 aromatic heterocycles. The summed E-state index contributed by atoms with van der Waals surface area (Å²) in [6.07, 6.45) is -2.94. The molecule has 19 heavy (non-hydrogen) atoms. The number of alkyl halides is 4. The number of aromatic nitrogens is 1. The number of nitrogens with zero attached hydrogens (tertiary/aromatic N) is 3. The van der Waals surface area contributed by atoms with Crippen LogP contribution < -0.4 is 4.90 Å². The van der Waals surface area contributed by atoms with E-state index in [9.17, 15) is 13.2 Å². The summed E-state index contributed by atoms with van der Waals surface area (Å²) < 4.78 is 38.8. The van der Waals surface area contributed by atoms with E-state index in [2.05, 4.69) is 25.8 Å². The average molecular weight is 338 g/mol. The molecule has 0 aromatic carbocycles. The fourth-order valence-electron chi connectivity index (χ4n) is 2.17. The fourth-order valence-corrected chi connectivity index (χ4v) is 2.67. The van der Waals surface area contributed by atoms with E-state index in [1.807, 2.05) is 0 Å². The Labute approximate surface area is 118 Å². The zero-order valence-corrected chi connectivity index (χ0v) is 11.9. The Hall–Kier alpha value is -0.820. The summed E-state index contributed by atoms with van der Waals surface area (Å²) in [6, 6.07) is 2.42. The van der Waals surface area contributed by atoms with Crippen molar-refractivity contribution in [2.24, 2.45) is 0 Å². The van der Waals surface area contributed by atoms with Crippen molar-refractivity contribution < 1.29 is 13.2 Å². The van der Waals surface area contributed by atoms with Gasteiger partial charge in [0.05, 0.1) is 5.56 Å². The van der Waals surface area contributed by atoms with Crippen LogP contribution in [-0.2, 0) is 6.18 Å². The standard InChI is InChI=1S/C12H15BrF3N3/c13-3-5-18-6-8-19(9-7-18)11-10(12(14,15)16)2-1-4-17-11/h1-2,4H,3,5-9H2. The zero-order valence-electron chi connectivity index (χ0n) is 10.3. The minimum absolute atomic E-state index is 0.0495. The minimum Gasteiger partial charge on any atom is -0.354 e. The molecular formula is C12H15BrF3N3. The predicted octanol–water partition coefficient (Wildman–Crippen LogP) is 2.62. The third kappa shape index (κ3) is 3.60. The van der Waals surface area contributed by atoms with Crippen molar-refractivity contribution in [2.45, 2.75) is 6.18 Å². The van der Waals surface area contributed by atoms with Gasteiger partial charge in [0.15, 0.2) is 0 Å². The number of anilines is 1. The highest BCUT2D eigenvalue weighted by Gasteiger charge is 2.36. The molecule has 7 heteroatoms. The molecule has 1 aliphatic rings. The molecule has 0 amide bonds. The van der Waals surface area contributed by atoms with E-state index in [-0.39, 0.29) is 5.82 Å². The third-order valence-corrected chi connectivity index (χ3v) is 3.52. The average Bonchev–Trinajstić information content (AvgIpc) is 2.39. The van der Waals surface area contributed by atoms with Crippen LogP contribution in [-0.4, -0.2) is 47.9 Å². The van der Waals surface area contributed by atoms with Crippen LogP contribution in [0, 0.1) is 0 Å². The molecule has 1 aromatic rings. The second kappa shape index (κ2) is 6.09. The van der Waals surface area contributed by atoms with Gasteiger partial charge in [0.25, 0.3) is 0 Å². The van der Waals surface area contributed by atoms with Crippen LogP contribution in [0.3, 0.4) is 0 Å². The lowest BCUT2D eigenvalue weighted by Gasteiger charge is -2.36. The van der Waals surface area contributed by atoms with Crippen LogP contribution in [0.5, 0.6) is 0 Å². The summed E-state index contributed by atoms with van der Waals surface area (Å²) >= 11 is 3.37. The number of halogens is 4. The fraction of sp³-hybridized carbons (Fsp3) is 0.583. The van der Waals surface area contributed by atoms with Gasteiger partial charge in [-0.25, -0.2) is 4.98 Å². The van der Waals surface area contributed by atoms with Crippen molar-refractivity contribution in [1.82, 2.24) is 9.88 Å². The molecule has 0 unspecified atom stereocenters. The highest BCUT2D eigenvalue weighted by atomic mass is 79.9. The Morgan fingerprint density at radius 3 is 2.47 bits per heavy atom. The maximum Gasteiger partial charge on any atom is 0.419 e. The second-order valence-corrected chi connectivity index (χ2v) is 5.18. The Balaban J connectivity index is 2.12. The monoisotopic (exact) mass is 337 g/mol. The van der Waals surface area contributed by atoms with Crippen LogP contribution in [0.4, 0.5) is 19.0 Å². The van der Waals surface area contributed by atoms with Gasteiger partial charge in [0.1, 0.15) is 5.82 Å². The van der Waals surface area contributed by atoms with Gasteiger partial charge in [-0.15, -0.1) is 0 Å². The number of hydrogen-bond acceptors (Lipinski definition) is 3. The highest BCUT2D eigenvalue weighted by molar-refractivity contribution is 9.09. The van der Waals surface area contributed by atoms with Gasteiger partial charge in [0, 0.05) is 44.3 Å². The molecule has 106 valence electrons. The molecule has 0 atom stereocenters. The van der Waals surface area contributed by atoms with E-state index in [0.29, 0.717) is 13.1 Å². The molecule has 2 rings (SSSR count). The van der Waals surface area contributed by atoms with Crippen LogP contribution in [0.15, 0.2) is 18.3 Å². The Bertz CT molecular complexity index is 417. The zero-order chi connectivity index (χ0) is 13.9. The lowest BCUT2D eigenvalue weighted by Crippen LogP contribution is -2.47. The third-order valence-electron chi connectivity index (χ3n) is 3.16. The molecule has 0 spiro atoms. The molecule has 0 saturated carbocycles. The van der Waals surface area contributed by atoms with Crippen molar-refractivity contribution in [2.75, 3.05) is 43.0 Å². The Morgan fingerprint density at radius 2 is 1.89 bits per heavy atom. The first-order valence-electron chi connectivity index (χ1n) is 6.08. The molecule has 1 aliphatic heterocycles. The summed E-state index contributed by atoms with van der Waals surface area (Å²) in [6.45, 7) is 3.60. The van der Waals surface area contributed by atoms with Gasteiger partial charge in [0.2, 0.25) is 0 Å². The first-order chi connectivity index (χ1) is 9.02. The molecule has 0 radical (unpaired) electrons. The topological polar surface area (TPSA) is 19.4 Å². The normalized spacial score (nSPS) is 17.8. The summed E-state index contributed by atoms with van der Waals surface area (Å²) in [5, 5.41) is 0.879. The van der Waals surface area contributed by atoms with Crippen LogP contribution in [0.25, 0.3) is 0 Å². The minimum atomic E-state index is -4.35. The smallest absolute Gasteiger partial charge is 0.354 e. The van der Waals surface area contributed by atoms with Gasteiger partial charge in [-0.3, -0.25) is 4.90 Å². The maximum atomic E-state index is 12.9. The molecule has 1 saturated heterocycles. The summed E-state index contributed by atoms with van der Waals surface area (Å²) in [4.78, 5) is 7.86. The highest BCUT2D eigenvalue weighted by Crippen LogP contribution is 2.35. The van der Waals surface area contributed by atoms with Gasteiger partial charge in [-0.05, 0) is 12.1 Å². The molecule has 1 fully saturated rings. The van der Waals surface area contributed by atoms with Gasteiger partial charge >= 0.3 is 6.18 Å². The van der Waals surface area contributed by atoms with Crippen LogP contribution in [0.2, 0.25) is 0 Å². The van der Waals surface area contributed by atoms with Gasteiger partial charge in [-0.1, -0.05) is 15.9 Å². The Kier molecular flexibility index (Phi) is 4.67. The van der Waals surface area contributed by atoms with Gasteiger partial charge in [-0.2, -0.15) is 13.2 Å². The first kappa shape index (κ1) is 14.6. The van der Waals surface area contributed by atoms with Crippen molar-refractivity contribution >= 4 is 21.7 Å². The molecule has 0 bridgehead atoms. The summed E-state index contributed by atoms with van der Waals surface area (Å²) in [7, 11) is 0. The predicted molar refractivity (Wildman–Crippen MR) is 71.7 cm³/mol. The summed E-state index contributed by atoms with van der Waals surface area (Å²) in [5.41, 5.74) is -0.649. The number of rotatable bonds is 3. The maximum absolute atomic E-state index is 12.9. The number of pyridine rings is 1. The molecule has 3 nitrogen and oxygen atoms in total. The SMILES string of the molecule is FC(F)(F)c1cccnc1N1CCN(CCBr)CC1. The number of hydrogen-bond donors (Lipinski definition) is 0. The van der Waals surface area contributed by atoms with Crippen LogP contribution >= 0.6 is 15.9 Å². The van der Waals surface area contributed by atoms with E-state index in [0.717, 1.165) is 31.0 Å². The Morgan fingerprint density at radius 1 is 1.21 bits per heavy atom. The van der Waals surface area contributed by atoms with E-state index in [1.54, 1.807) is 4.90 Å². The van der Waals surface area contributed by atoms with Crippen molar-refractivity contribution in [3.05, 3.63) is 23.9 Å². The van der Waals surface area contributed by atoms with E-state index in [1.165, 1.54) is 12.3 Å². The van der Waals surface area contributed by atoms with E-state index < -0.39 is 11.7 Å². The second-order valence-electron chi connectivity index (χ2n) is 4.39. The molecule has 0 aliphatic carbocycles. The number of piperazine rings is 1. The lowest BCUT2D eigenvalue weighted by atomic mass is 10.2. The first-order valence-corrected chi connectivity index (χ1v) is 7.20. The lowest BCUT2D eigenvalue weighted by molar-refractivity contribution is -0.137. The quantitative estimate of drug-likeness (QED) is 0.790. The molecular weight excluding hydrogens is 323 g/mol. The van der Waals surface area contributed by atoms with Crippen molar-refractivity contribution in [3.63, 3.8) is 0 Å². The van der Waals surface area contributed by atoms with Crippen LogP contribution in [0.1, 0.15) is 5.56 Å². The summed E-state index contributed by atoms with van der Waals surface area (Å²) in [5.74, 6) is 0.0495.